The molecule has 1 aromatic rings. The molecule has 0 aliphatic rings. The molecule has 0 aromatic heterocycles. The van der Waals surface area contributed by atoms with Crippen molar-refractivity contribution in [3.63, 3.8) is 0 Å². The smallest absolute Gasteiger partial charge is 0.338 e. The zero-order chi connectivity index (χ0) is 16.3. The lowest BCUT2D eigenvalue weighted by Crippen LogP contribution is -2.23. The van der Waals surface area contributed by atoms with Gasteiger partial charge in [-0.1, -0.05) is 19.1 Å². The third kappa shape index (κ3) is 6.27. The molecule has 0 spiro atoms. The second kappa shape index (κ2) is 6.58. The molecule has 6 heteroatoms. The SMILES string of the molecule is CCC(OS(C)(=O)=O)c1ccc(C(=O)OC(C)(C)C)cc1. The average molecular weight is 314 g/mol. The lowest BCUT2D eigenvalue weighted by molar-refractivity contribution is 0.00693. The van der Waals surface area contributed by atoms with Crippen molar-refractivity contribution in [3.05, 3.63) is 35.4 Å². The molecule has 5 nitrogen and oxygen atoms in total. The van der Waals surface area contributed by atoms with Crippen molar-refractivity contribution >= 4 is 16.1 Å². The number of hydrogen-bond donors (Lipinski definition) is 0. The minimum Gasteiger partial charge on any atom is -0.456 e. The molecule has 0 amide bonds. The summed E-state index contributed by atoms with van der Waals surface area (Å²) in [6.45, 7) is 7.22. The summed E-state index contributed by atoms with van der Waals surface area (Å²) in [6.07, 6.45) is 0.983. The fraction of sp³-hybridized carbons (Fsp3) is 0.533. The van der Waals surface area contributed by atoms with Crippen LogP contribution in [0, 0.1) is 0 Å². The lowest BCUT2D eigenvalue weighted by atomic mass is 10.1. The largest absolute Gasteiger partial charge is 0.456 e. The van der Waals surface area contributed by atoms with E-state index >= 15 is 0 Å². The summed E-state index contributed by atoms with van der Waals surface area (Å²) in [5, 5.41) is 0. The van der Waals surface area contributed by atoms with Gasteiger partial charge >= 0.3 is 5.97 Å². The van der Waals surface area contributed by atoms with Crippen LogP contribution in [0.25, 0.3) is 0 Å². The summed E-state index contributed by atoms with van der Waals surface area (Å²) in [6, 6.07) is 6.58. The summed E-state index contributed by atoms with van der Waals surface area (Å²) >= 11 is 0. The molecule has 0 N–H and O–H groups in total. The van der Waals surface area contributed by atoms with Crippen LogP contribution >= 0.6 is 0 Å². The Morgan fingerprint density at radius 3 is 2.10 bits per heavy atom. The fourth-order valence-corrected chi connectivity index (χ4v) is 2.41. The molecule has 1 rings (SSSR count). The van der Waals surface area contributed by atoms with Gasteiger partial charge in [0.15, 0.2) is 0 Å². The normalized spacial score (nSPS) is 13.8. The second-order valence-corrected chi connectivity index (χ2v) is 7.42. The first kappa shape index (κ1) is 17.7. The molecule has 0 aliphatic carbocycles. The number of rotatable bonds is 5. The van der Waals surface area contributed by atoms with Gasteiger partial charge in [-0.05, 0) is 44.9 Å². The molecular formula is C15H22O5S. The first-order valence-corrected chi connectivity index (χ1v) is 8.55. The Bertz CT molecular complexity index is 581. The van der Waals surface area contributed by atoms with Crippen LogP contribution in [-0.2, 0) is 19.0 Å². The Labute approximate surface area is 126 Å². The third-order valence-electron chi connectivity index (χ3n) is 2.58. The molecule has 0 fully saturated rings. The molecule has 118 valence electrons. The predicted molar refractivity (Wildman–Crippen MR) is 80.6 cm³/mol. The van der Waals surface area contributed by atoms with E-state index in [4.69, 9.17) is 8.92 Å². The molecular weight excluding hydrogens is 292 g/mol. The highest BCUT2D eigenvalue weighted by Crippen LogP contribution is 2.23. The van der Waals surface area contributed by atoms with Crippen molar-refractivity contribution in [3.8, 4) is 0 Å². The van der Waals surface area contributed by atoms with Gasteiger partial charge in [-0.15, -0.1) is 0 Å². The van der Waals surface area contributed by atoms with Crippen LogP contribution in [0.5, 0.6) is 0 Å². The molecule has 1 aromatic carbocycles. The van der Waals surface area contributed by atoms with Crippen molar-refractivity contribution < 1.29 is 22.1 Å². The Balaban J connectivity index is 2.88. The highest BCUT2D eigenvalue weighted by Gasteiger charge is 2.19. The molecule has 1 atom stereocenters. The third-order valence-corrected chi connectivity index (χ3v) is 3.16. The van der Waals surface area contributed by atoms with Gasteiger partial charge in [0.25, 0.3) is 10.1 Å². The van der Waals surface area contributed by atoms with E-state index in [1.165, 1.54) is 0 Å². The first-order valence-electron chi connectivity index (χ1n) is 6.73. The summed E-state index contributed by atoms with van der Waals surface area (Å²) in [5.74, 6) is -0.411. The van der Waals surface area contributed by atoms with E-state index in [1.807, 2.05) is 6.92 Å². The standard InChI is InChI=1S/C15H22O5S/c1-6-13(20-21(5,17)18)11-7-9-12(10-8-11)14(16)19-15(2,3)4/h7-10,13H,6H2,1-5H3. The number of benzene rings is 1. The second-order valence-electron chi connectivity index (χ2n) is 5.82. The lowest BCUT2D eigenvalue weighted by Gasteiger charge is -2.20. The predicted octanol–water partition coefficient (Wildman–Crippen LogP) is 3.07. The van der Waals surface area contributed by atoms with E-state index in [-0.39, 0.29) is 0 Å². The summed E-state index contributed by atoms with van der Waals surface area (Å²) in [4.78, 5) is 11.9. The van der Waals surface area contributed by atoms with Gasteiger partial charge < -0.3 is 4.74 Å². The Kier molecular flexibility index (Phi) is 5.53. The number of carbonyl (C=O) groups is 1. The molecule has 0 bridgehead atoms. The van der Waals surface area contributed by atoms with Gasteiger partial charge in [0.05, 0.1) is 11.8 Å². The average Bonchev–Trinajstić information content (AvgIpc) is 2.33. The Hall–Kier alpha value is -1.40. The van der Waals surface area contributed by atoms with Gasteiger partial charge in [0.1, 0.15) is 11.7 Å². The van der Waals surface area contributed by atoms with E-state index in [0.29, 0.717) is 17.5 Å². The maximum atomic E-state index is 11.9. The fourth-order valence-electron chi connectivity index (χ4n) is 1.74. The van der Waals surface area contributed by atoms with Crippen molar-refractivity contribution in [2.24, 2.45) is 0 Å². The molecule has 21 heavy (non-hydrogen) atoms. The zero-order valence-electron chi connectivity index (χ0n) is 13.0. The number of hydrogen-bond acceptors (Lipinski definition) is 5. The highest BCUT2D eigenvalue weighted by molar-refractivity contribution is 7.86. The quantitative estimate of drug-likeness (QED) is 0.617. The molecule has 0 saturated carbocycles. The van der Waals surface area contributed by atoms with E-state index in [0.717, 1.165) is 6.26 Å². The number of esters is 1. The highest BCUT2D eigenvalue weighted by atomic mass is 32.2. The van der Waals surface area contributed by atoms with Crippen LogP contribution in [0.1, 0.15) is 56.1 Å². The molecule has 1 unspecified atom stereocenters. The molecule has 0 heterocycles. The van der Waals surface area contributed by atoms with Crippen molar-refractivity contribution in [2.75, 3.05) is 6.26 Å². The van der Waals surface area contributed by atoms with Crippen molar-refractivity contribution in [1.82, 2.24) is 0 Å². The molecule has 0 radical (unpaired) electrons. The van der Waals surface area contributed by atoms with Crippen molar-refractivity contribution in [1.29, 1.82) is 0 Å². The maximum Gasteiger partial charge on any atom is 0.338 e. The van der Waals surface area contributed by atoms with Crippen LogP contribution in [0.4, 0.5) is 0 Å². The Morgan fingerprint density at radius 2 is 1.71 bits per heavy atom. The van der Waals surface area contributed by atoms with Gasteiger partial charge in [-0.2, -0.15) is 8.42 Å². The summed E-state index contributed by atoms with van der Waals surface area (Å²) < 4.78 is 32.7. The van der Waals surface area contributed by atoms with Crippen LogP contribution in [0.3, 0.4) is 0 Å². The minimum absolute atomic E-state index is 0.411. The van der Waals surface area contributed by atoms with Crippen LogP contribution < -0.4 is 0 Å². The van der Waals surface area contributed by atoms with Crippen LogP contribution in [-0.4, -0.2) is 26.2 Å². The van der Waals surface area contributed by atoms with E-state index in [1.54, 1.807) is 45.0 Å². The molecule has 0 aliphatic heterocycles. The summed E-state index contributed by atoms with van der Waals surface area (Å²) in [5.41, 5.74) is 0.569. The summed E-state index contributed by atoms with van der Waals surface area (Å²) in [7, 11) is -3.53. The topological polar surface area (TPSA) is 69.7 Å². The maximum absolute atomic E-state index is 11.9. The van der Waals surface area contributed by atoms with Crippen LogP contribution in [0.2, 0.25) is 0 Å². The van der Waals surface area contributed by atoms with E-state index in [9.17, 15) is 13.2 Å². The Morgan fingerprint density at radius 1 is 1.19 bits per heavy atom. The number of ether oxygens (including phenoxy) is 1. The first-order chi connectivity index (χ1) is 9.52. The monoisotopic (exact) mass is 314 g/mol. The number of carbonyl (C=O) groups excluding carboxylic acids is 1. The van der Waals surface area contributed by atoms with Gasteiger partial charge in [-0.25, -0.2) is 4.79 Å². The van der Waals surface area contributed by atoms with Gasteiger partial charge in [0.2, 0.25) is 0 Å². The molecule has 0 saturated heterocycles. The van der Waals surface area contributed by atoms with E-state index < -0.39 is 27.8 Å². The minimum atomic E-state index is -3.53. The van der Waals surface area contributed by atoms with E-state index in [2.05, 4.69) is 0 Å². The zero-order valence-corrected chi connectivity index (χ0v) is 13.9. The van der Waals surface area contributed by atoms with Crippen LogP contribution in [0.15, 0.2) is 24.3 Å². The van der Waals surface area contributed by atoms with Gasteiger partial charge in [-0.3, -0.25) is 4.18 Å². The van der Waals surface area contributed by atoms with Crippen molar-refractivity contribution in [2.45, 2.75) is 45.8 Å². The van der Waals surface area contributed by atoms with Gasteiger partial charge in [0, 0.05) is 0 Å².